The molecule has 0 bridgehead atoms. The lowest BCUT2D eigenvalue weighted by atomic mass is 10.1. The highest BCUT2D eigenvalue weighted by Crippen LogP contribution is 2.33. The van der Waals surface area contributed by atoms with Gasteiger partial charge in [0.25, 0.3) is 5.91 Å². The summed E-state index contributed by atoms with van der Waals surface area (Å²) in [6.45, 7) is 4.20. The van der Waals surface area contributed by atoms with Gasteiger partial charge >= 0.3 is 0 Å². The van der Waals surface area contributed by atoms with Crippen molar-refractivity contribution in [1.82, 2.24) is 5.01 Å². The standard InChI is InChI=1S/C21H21N3O3/c1-14-6-3-7-15(2)21(14)22-13-20(25)24-17(19-9-5-11-27-19)12-16(23-24)18-8-4-10-26-18/h3-11,17,22H,12-13H2,1-2H3. The highest BCUT2D eigenvalue weighted by Gasteiger charge is 2.35. The number of aryl methyl sites for hydroxylation is 2. The number of anilines is 1. The molecule has 3 heterocycles. The van der Waals surface area contributed by atoms with E-state index < -0.39 is 0 Å². The van der Waals surface area contributed by atoms with E-state index in [2.05, 4.69) is 10.4 Å². The highest BCUT2D eigenvalue weighted by atomic mass is 16.3. The van der Waals surface area contributed by atoms with Crippen LogP contribution in [0.3, 0.4) is 0 Å². The average molecular weight is 363 g/mol. The molecule has 0 spiro atoms. The van der Waals surface area contributed by atoms with Crippen LogP contribution in [-0.2, 0) is 4.79 Å². The minimum absolute atomic E-state index is 0.124. The molecule has 6 nitrogen and oxygen atoms in total. The molecule has 1 unspecified atom stereocenters. The predicted octanol–water partition coefficient (Wildman–Crippen LogP) is 4.28. The summed E-state index contributed by atoms with van der Waals surface area (Å²) in [6, 6.07) is 13.1. The second-order valence-electron chi connectivity index (χ2n) is 6.62. The van der Waals surface area contributed by atoms with E-state index in [1.807, 2.05) is 56.3 Å². The normalized spacial score (nSPS) is 16.4. The third-order valence-electron chi connectivity index (χ3n) is 4.74. The van der Waals surface area contributed by atoms with Gasteiger partial charge in [-0.15, -0.1) is 0 Å². The molecule has 1 amide bonds. The summed E-state index contributed by atoms with van der Waals surface area (Å²) in [4.78, 5) is 12.9. The van der Waals surface area contributed by atoms with Crippen molar-refractivity contribution >= 4 is 17.3 Å². The lowest BCUT2D eigenvalue weighted by molar-refractivity contribution is -0.131. The zero-order chi connectivity index (χ0) is 18.8. The molecule has 1 aromatic carbocycles. The molecule has 3 aromatic rings. The fourth-order valence-corrected chi connectivity index (χ4v) is 3.37. The largest absolute Gasteiger partial charge is 0.467 e. The summed E-state index contributed by atoms with van der Waals surface area (Å²) in [5.74, 6) is 1.26. The Balaban J connectivity index is 1.55. The monoisotopic (exact) mass is 363 g/mol. The molecule has 0 saturated carbocycles. The second-order valence-corrected chi connectivity index (χ2v) is 6.62. The van der Waals surface area contributed by atoms with Crippen molar-refractivity contribution in [2.45, 2.75) is 26.3 Å². The molecule has 2 aromatic heterocycles. The molecule has 0 fully saturated rings. The van der Waals surface area contributed by atoms with E-state index in [0.29, 0.717) is 17.9 Å². The maximum Gasteiger partial charge on any atom is 0.262 e. The number of nitrogens with one attached hydrogen (secondary N) is 1. The number of amides is 1. The minimum atomic E-state index is -0.271. The van der Waals surface area contributed by atoms with Gasteiger partial charge in [-0.25, -0.2) is 5.01 Å². The fraction of sp³-hybridized carbons (Fsp3) is 0.238. The Kier molecular flexibility index (Phi) is 4.54. The van der Waals surface area contributed by atoms with Gasteiger partial charge in [0.2, 0.25) is 0 Å². The summed E-state index contributed by atoms with van der Waals surface area (Å²) < 4.78 is 11.0. The van der Waals surface area contributed by atoms with E-state index >= 15 is 0 Å². The Labute approximate surface area is 157 Å². The number of furan rings is 2. The fourth-order valence-electron chi connectivity index (χ4n) is 3.37. The van der Waals surface area contributed by atoms with Gasteiger partial charge in [-0.3, -0.25) is 4.79 Å². The number of rotatable bonds is 5. The molecule has 4 rings (SSSR count). The summed E-state index contributed by atoms with van der Waals surface area (Å²) in [7, 11) is 0. The highest BCUT2D eigenvalue weighted by molar-refractivity contribution is 6.01. The Morgan fingerprint density at radius 2 is 1.85 bits per heavy atom. The summed E-state index contributed by atoms with van der Waals surface area (Å²) in [5.41, 5.74) is 3.93. The van der Waals surface area contributed by atoms with Gasteiger partial charge in [-0.2, -0.15) is 5.10 Å². The molecule has 27 heavy (non-hydrogen) atoms. The van der Waals surface area contributed by atoms with Crippen molar-refractivity contribution in [3.05, 3.63) is 77.6 Å². The molecule has 1 aliphatic rings. The van der Waals surface area contributed by atoms with Crippen LogP contribution in [0.4, 0.5) is 5.69 Å². The van der Waals surface area contributed by atoms with Crippen molar-refractivity contribution < 1.29 is 13.6 Å². The molecular formula is C21H21N3O3. The van der Waals surface area contributed by atoms with Gasteiger partial charge in [0, 0.05) is 12.1 Å². The smallest absolute Gasteiger partial charge is 0.262 e. The van der Waals surface area contributed by atoms with Crippen LogP contribution in [0.5, 0.6) is 0 Å². The van der Waals surface area contributed by atoms with Crippen molar-refractivity contribution in [3.63, 3.8) is 0 Å². The SMILES string of the molecule is Cc1cccc(C)c1NCC(=O)N1N=C(c2ccco2)CC1c1ccco1. The van der Waals surface area contributed by atoms with Gasteiger partial charge in [-0.1, -0.05) is 18.2 Å². The quantitative estimate of drug-likeness (QED) is 0.734. The second kappa shape index (κ2) is 7.15. The molecule has 0 radical (unpaired) electrons. The van der Waals surface area contributed by atoms with E-state index in [1.165, 1.54) is 5.01 Å². The predicted molar refractivity (Wildman–Crippen MR) is 103 cm³/mol. The number of nitrogens with zero attached hydrogens (tertiary/aromatic N) is 2. The van der Waals surface area contributed by atoms with Crippen molar-refractivity contribution in [2.75, 3.05) is 11.9 Å². The molecule has 138 valence electrons. The lowest BCUT2D eigenvalue weighted by Gasteiger charge is -2.21. The van der Waals surface area contributed by atoms with Crippen LogP contribution in [0.25, 0.3) is 0 Å². The first-order valence-electron chi connectivity index (χ1n) is 8.90. The minimum Gasteiger partial charge on any atom is -0.467 e. The Bertz CT molecular complexity index is 938. The Morgan fingerprint density at radius 1 is 1.11 bits per heavy atom. The Hall–Kier alpha value is -3.28. The molecule has 1 atom stereocenters. The topological polar surface area (TPSA) is 71.0 Å². The molecule has 6 heteroatoms. The Morgan fingerprint density at radius 3 is 2.52 bits per heavy atom. The van der Waals surface area contributed by atoms with E-state index in [0.717, 1.165) is 22.5 Å². The summed E-state index contributed by atoms with van der Waals surface area (Å²) >= 11 is 0. The lowest BCUT2D eigenvalue weighted by Crippen LogP contribution is -2.32. The molecule has 0 saturated heterocycles. The van der Waals surface area contributed by atoms with E-state index in [1.54, 1.807) is 12.5 Å². The first-order valence-corrected chi connectivity index (χ1v) is 8.90. The molecule has 1 aliphatic heterocycles. The number of hydrogen-bond acceptors (Lipinski definition) is 5. The van der Waals surface area contributed by atoms with Crippen LogP contribution in [0.15, 0.2) is 68.9 Å². The van der Waals surface area contributed by atoms with Crippen molar-refractivity contribution in [3.8, 4) is 0 Å². The third kappa shape index (κ3) is 3.38. The zero-order valence-electron chi connectivity index (χ0n) is 15.3. The number of para-hydroxylation sites is 1. The molecule has 1 N–H and O–H groups in total. The van der Waals surface area contributed by atoms with Crippen LogP contribution < -0.4 is 5.32 Å². The zero-order valence-corrected chi connectivity index (χ0v) is 15.3. The van der Waals surface area contributed by atoms with Crippen LogP contribution in [0.1, 0.15) is 35.1 Å². The van der Waals surface area contributed by atoms with Gasteiger partial charge in [0.05, 0.1) is 19.1 Å². The van der Waals surface area contributed by atoms with Crippen LogP contribution >= 0.6 is 0 Å². The third-order valence-corrected chi connectivity index (χ3v) is 4.74. The number of hydrogen-bond donors (Lipinski definition) is 1. The number of carbonyl (C=O) groups is 1. The first-order chi connectivity index (χ1) is 13.1. The van der Waals surface area contributed by atoms with Crippen molar-refractivity contribution in [2.24, 2.45) is 5.10 Å². The van der Waals surface area contributed by atoms with Gasteiger partial charge in [0.15, 0.2) is 0 Å². The van der Waals surface area contributed by atoms with Crippen LogP contribution in [0.2, 0.25) is 0 Å². The average Bonchev–Trinajstić information content (AvgIpc) is 3.40. The van der Waals surface area contributed by atoms with Gasteiger partial charge in [0.1, 0.15) is 23.3 Å². The number of carbonyl (C=O) groups excluding carboxylic acids is 1. The van der Waals surface area contributed by atoms with Crippen LogP contribution in [-0.4, -0.2) is 23.2 Å². The van der Waals surface area contributed by atoms with E-state index in [-0.39, 0.29) is 18.5 Å². The first kappa shape index (κ1) is 17.1. The van der Waals surface area contributed by atoms with Crippen LogP contribution in [0, 0.1) is 13.8 Å². The maximum atomic E-state index is 12.9. The van der Waals surface area contributed by atoms with Gasteiger partial charge in [-0.05, 0) is 49.2 Å². The van der Waals surface area contributed by atoms with E-state index in [4.69, 9.17) is 8.83 Å². The molecule has 0 aliphatic carbocycles. The molecular weight excluding hydrogens is 342 g/mol. The van der Waals surface area contributed by atoms with E-state index in [9.17, 15) is 4.79 Å². The number of hydrazone groups is 1. The maximum absolute atomic E-state index is 12.9. The van der Waals surface area contributed by atoms with Crippen molar-refractivity contribution in [1.29, 1.82) is 0 Å². The van der Waals surface area contributed by atoms with Gasteiger partial charge < -0.3 is 14.2 Å². The number of benzene rings is 1. The summed E-state index contributed by atoms with van der Waals surface area (Å²) in [6.07, 6.45) is 3.76. The summed E-state index contributed by atoms with van der Waals surface area (Å²) in [5, 5.41) is 9.29.